The molecule has 1 heterocycles. The summed E-state index contributed by atoms with van der Waals surface area (Å²) in [6, 6.07) is 10.5. The number of aromatic nitrogens is 2. The van der Waals surface area contributed by atoms with Crippen molar-refractivity contribution in [2.75, 3.05) is 10.6 Å². The van der Waals surface area contributed by atoms with E-state index in [4.69, 9.17) is 0 Å². The van der Waals surface area contributed by atoms with Crippen LogP contribution in [0.25, 0.3) is 0 Å². The van der Waals surface area contributed by atoms with Gasteiger partial charge in [-0.1, -0.05) is 13.8 Å². The van der Waals surface area contributed by atoms with Crippen molar-refractivity contribution in [2.24, 2.45) is 5.92 Å². The van der Waals surface area contributed by atoms with E-state index in [1.807, 2.05) is 13.8 Å². The van der Waals surface area contributed by atoms with Crippen LogP contribution in [-0.2, 0) is 4.79 Å². The van der Waals surface area contributed by atoms with Gasteiger partial charge in [0.1, 0.15) is 0 Å². The van der Waals surface area contributed by atoms with Gasteiger partial charge in [-0.25, -0.2) is 0 Å². The molecule has 6 heteroatoms. The van der Waals surface area contributed by atoms with Crippen molar-refractivity contribution in [2.45, 2.75) is 20.8 Å². The van der Waals surface area contributed by atoms with Gasteiger partial charge in [-0.3, -0.25) is 9.59 Å². The molecule has 0 aliphatic carbocycles. The molecule has 1 aromatic carbocycles. The lowest BCUT2D eigenvalue weighted by atomic mass is 10.1. The molecule has 0 saturated carbocycles. The number of hydrogen-bond acceptors (Lipinski definition) is 5. The number of Topliss-reactive ketones (excluding diaryl/α,β-unsaturated/α-hetero) is 1. The van der Waals surface area contributed by atoms with E-state index >= 15 is 0 Å². The minimum atomic E-state index is -0.112. The highest BCUT2D eigenvalue weighted by Gasteiger charge is 2.08. The van der Waals surface area contributed by atoms with E-state index < -0.39 is 0 Å². The lowest BCUT2D eigenvalue weighted by Gasteiger charge is -2.08. The number of ketones is 1. The maximum atomic E-state index is 11.6. The molecular formula is C16H18N4O2. The van der Waals surface area contributed by atoms with Gasteiger partial charge in [-0.15, -0.1) is 10.2 Å². The third kappa shape index (κ3) is 4.12. The average molecular weight is 298 g/mol. The second kappa shape index (κ2) is 6.80. The van der Waals surface area contributed by atoms with Crippen molar-refractivity contribution in [3.8, 4) is 0 Å². The molecule has 0 radical (unpaired) electrons. The highest BCUT2D eigenvalue weighted by atomic mass is 16.2. The molecule has 0 fully saturated rings. The van der Waals surface area contributed by atoms with Crippen molar-refractivity contribution < 1.29 is 9.59 Å². The Kier molecular flexibility index (Phi) is 4.83. The Labute approximate surface area is 129 Å². The van der Waals surface area contributed by atoms with Crippen LogP contribution >= 0.6 is 0 Å². The van der Waals surface area contributed by atoms with E-state index in [1.54, 1.807) is 36.4 Å². The molecule has 6 nitrogen and oxygen atoms in total. The predicted octanol–water partition coefficient (Wildman–Crippen LogP) is 3.02. The molecule has 0 aliphatic heterocycles. The molecule has 0 aliphatic rings. The van der Waals surface area contributed by atoms with E-state index in [2.05, 4.69) is 20.8 Å². The van der Waals surface area contributed by atoms with E-state index in [0.717, 1.165) is 5.69 Å². The molecule has 0 saturated heterocycles. The fourth-order valence-electron chi connectivity index (χ4n) is 1.67. The zero-order valence-electron chi connectivity index (χ0n) is 12.8. The van der Waals surface area contributed by atoms with Crippen molar-refractivity contribution in [3.63, 3.8) is 0 Å². The first-order valence-electron chi connectivity index (χ1n) is 6.98. The molecule has 0 unspecified atom stereocenters. The van der Waals surface area contributed by atoms with Gasteiger partial charge in [0.15, 0.2) is 17.4 Å². The molecule has 1 amide bonds. The minimum Gasteiger partial charge on any atom is -0.339 e. The molecule has 2 N–H and O–H groups in total. The van der Waals surface area contributed by atoms with Gasteiger partial charge < -0.3 is 10.6 Å². The summed E-state index contributed by atoms with van der Waals surface area (Å²) < 4.78 is 0. The minimum absolute atomic E-state index is 0.0246. The fourth-order valence-corrected chi connectivity index (χ4v) is 1.67. The number of hydrogen-bond donors (Lipinski definition) is 2. The molecular weight excluding hydrogens is 280 g/mol. The van der Waals surface area contributed by atoms with E-state index in [0.29, 0.717) is 17.2 Å². The van der Waals surface area contributed by atoms with E-state index in [-0.39, 0.29) is 17.6 Å². The Morgan fingerprint density at radius 2 is 1.55 bits per heavy atom. The Morgan fingerprint density at radius 1 is 0.955 bits per heavy atom. The number of nitrogens with zero attached hydrogens (tertiary/aromatic N) is 2. The number of carbonyl (C=O) groups excluding carboxylic acids is 2. The Morgan fingerprint density at radius 3 is 2.05 bits per heavy atom. The first kappa shape index (κ1) is 15.6. The third-order valence-electron chi connectivity index (χ3n) is 3.00. The highest BCUT2D eigenvalue weighted by molar-refractivity contribution is 5.94. The number of amides is 1. The van der Waals surface area contributed by atoms with Crippen LogP contribution in [0.4, 0.5) is 17.3 Å². The Bertz CT molecular complexity index is 664. The van der Waals surface area contributed by atoms with Gasteiger partial charge in [-0.05, 0) is 43.3 Å². The zero-order chi connectivity index (χ0) is 16.1. The maximum absolute atomic E-state index is 11.6. The molecule has 0 atom stereocenters. The second-order valence-electron chi connectivity index (χ2n) is 5.21. The van der Waals surface area contributed by atoms with E-state index in [9.17, 15) is 9.59 Å². The maximum Gasteiger partial charge on any atom is 0.228 e. The third-order valence-corrected chi connectivity index (χ3v) is 3.00. The summed E-state index contributed by atoms with van der Waals surface area (Å²) in [7, 11) is 0. The fraction of sp³-hybridized carbons (Fsp3) is 0.250. The monoisotopic (exact) mass is 298 g/mol. The molecule has 22 heavy (non-hydrogen) atoms. The van der Waals surface area contributed by atoms with Gasteiger partial charge in [-0.2, -0.15) is 0 Å². The summed E-state index contributed by atoms with van der Waals surface area (Å²) in [6.45, 7) is 5.14. The average Bonchev–Trinajstić information content (AvgIpc) is 2.49. The quantitative estimate of drug-likeness (QED) is 0.829. The van der Waals surface area contributed by atoms with Crippen molar-refractivity contribution in [1.29, 1.82) is 0 Å². The summed E-state index contributed by atoms with van der Waals surface area (Å²) in [5, 5.41) is 13.7. The molecule has 0 spiro atoms. The number of rotatable bonds is 5. The van der Waals surface area contributed by atoms with Gasteiger partial charge in [0, 0.05) is 17.2 Å². The highest BCUT2D eigenvalue weighted by Crippen LogP contribution is 2.16. The van der Waals surface area contributed by atoms with Crippen molar-refractivity contribution in [3.05, 3.63) is 42.0 Å². The van der Waals surface area contributed by atoms with Crippen LogP contribution in [0.2, 0.25) is 0 Å². The first-order chi connectivity index (χ1) is 10.5. The van der Waals surface area contributed by atoms with Gasteiger partial charge >= 0.3 is 0 Å². The topological polar surface area (TPSA) is 84.0 Å². The van der Waals surface area contributed by atoms with Crippen LogP contribution in [0.1, 0.15) is 31.1 Å². The number of carbonyl (C=O) groups is 2. The Hall–Kier alpha value is -2.76. The second-order valence-corrected chi connectivity index (χ2v) is 5.21. The molecule has 2 aromatic rings. The summed E-state index contributed by atoms with van der Waals surface area (Å²) >= 11 is 0. The molecule has 1 aromatic heterocycles. The smallest absolute Gasteiger partial charge is 0.228 e. The normalized spacial score (nSPS) is 10.4. The first-order valence-corrected chi connectivity index (χ1v) is 6.98. The lowest BCUT2D eigenvalue weighted by Crippen LogP contribution is -2.18. The summed E-state index contributed by atoms with van der Waals surface area (Å²) in [5.74, 6) is 0.778. The zero-order valence-corrected chi connectivity index (χ0v) is 12.8. The Balaban J connectivity index is 2.01. The van der Waals surface area contributed by atoms with E-state index in [1.165, 1.54) is 6.92 Å². The molecule has 0 bridgehead atoms. The summed E-state index contributed by atoms with van der Waals surface area (Å²) in [5.41, 5.74) is 1.46. The van der Waals surface area contributed by atoms with Crippen LogP contribution in [0.5, 0.6) is 0 Å². The van der Waals surface area contributed by atoms with Gasteiger partial charge in [0.2, 0.25) is 5.91 Å². The summed E-state index contributed by atoms with van der Waals surface area (Å²) in [6.07, 6.45) is 0. The van der Waals surface area contributed by atoms with Crippen LogP contribution < -0.4 is 10.6 Å². The van der Waals surface area contributed by atoms with Gasteiger partial charge in [0.05, 0.1) is 0 Å². The largest absolute Gasteiger partial charge is 0.339 e. The van der Waals surface area contributed by atoms with Crippen molar-refractivity contribution >= 4 is 29.0 Å². The SMILES string of the molecule is CC(=O)c1ccc(Nc2ccc(NC(=O)C(C)C)nn2)cc1. The van der Waals surface area contributed by atoms with Crippen LogP contribution in [0, 0.1) is 5.92 Å². The lowest BCUT2D eigenvalue weighted by molar-refractivity contribution is -0.118. The predicted molar refractivity (Wildman–Crippen MR) is 85.2 cm³/mol. The van der Waals surface area contributed by atoms with Gasteiger partial charge in [0.25, 0.3) is 0 Å². The standard InChI is InChI=1S/C16H18N4O2/c1-10(2)16(22)18-15-9-8-14(19-20-15)17-13-6-4-12(5-7-13)11(3)21/h4-10H,1-3H3,(H,17,19)(H,18,20,22). The number of nitrogens with one attached hydrogen (secondary N) is 2. The van der Waals surface area contributed by atoms with Crippen molar-refractivity contribution in [1.82, 2.24) is 10.2 Å². The number of benzene rings is 1. The molecule has 2 rings (SSSR count). The van der Waals surface area contributed by atoms with Crippen LogP contribution in [-0.4, -0.2) is 21.9 Å². The summed E-state index contributed by atoms with van der Waals surface area (Å²) in [4.78, 5) is 22.8. The molecule has 114 valence electrons. The van der Waals surface area contributed by atoms with Crippen LogP contribution in [0.3, 0.4) is 0 Å². The number of anilines is 3. The van der Waals surface area contributed by atoms with Crippen LogP contribution in [0.15, 0.2) is 36.4 Å².